The van der Waals surface area contributed by atoms with Crippen LogP contribution in [-0.2, 0) is 4.43 Å². The predicted octanol–water partition coefficient (Wildman–Crippen LogP) is 2.68. The van der Waals surface area contributed by atoms with Crippen LogP contribution in [0.15, 0.2) is 24.3 Å². The van der Waals surface area contributed by atoms with Gasteiger partial charge in [0.25, 0.3) is 0 Å². The Labute approximate surface area is 102 Å². The third-order valence-electron chi connectivity index (χ3n) is 2.65. The molecule has 1 aromatic rings. The van der Waals surface area contributed by atoms with Crippen molar-refractivity contribution in [3.63, 3.8) is 0 Å². The van der Waals surface area contributed by atoms with Crippen LogP contribution in [0, 0.1) is 0 Å². The Bertz CT molecular complexity index is 474. The molecule has 1 aliphatic rings. The van der Waals surface area contributed by atoms with Gasteiger partial charge in [0.1, 0.15) is 6.10 Å². The van der Waals surface area contributed by atoms with E-state index in [1.807, 2.05) is 19.6 Å². The number of rotatable bonds is 2. The molecule has 0 N–H and O–H groups in total. The Morgan fingerprint density at radius 2 is 1.71 bits per heavy atom. The topological polar surface area (TPSA) is 43.4 Å². The van der Waals surface area contributed by atoms with E-state index in [9.17, 15) is 9.59 Å². The van der Waals surface area contributed by atoms with Crippen molar-refractivity contribution >= 4 is 19.9 Å². The first-order valence-corrected chi connectivity index (χ1v) is 9.13. The molecule has 0 radical (unpaired) electrons. The highest BCUT2D eigenvalue weighted by atomic mass is 28.4. The van der Waals surface area contributed by atoms with Crippen molar-refractivity contribution in [2.45, 2.75) is 32.2 Å². The molecule has 0 aliphatic heterocycles. The lowest BCUT2D eigenvalue weighted by Crippen LogP contribution is -2.41. The molecule has 1 unspecified atom stereocenters. The van der Waals surface area contributed by atoms with E-state index in [2.05, 4.69) is 0 Å². The Morgan fingerprint density at radius 3 is 2.29 bits per heavy atom. The largest absolute Gasteiger partial charge is 0.407 e. The third-order valence-corrected chi connectivity index (χ3v) is 3.64. The van der Waals surface area contributed by atoms with Crippen LogP contribution in [0.2, 0.25) is 19.6 Å². The fourth-order valence-corrected chi connectivity index (χ4v) is 3.05. The van der Waals surface area contributed by atoms with Crippen molar-refractivity contribution in [1.29, 1.82) is 0 Å². The smallest absolute Gasteiger partial charge is 0.191 e. The van der Waals surface area contributed by atoms with Crippen LogP contribution in [0.5, 0.6) is 0 Å². The summed E-state index contributed by atoms with van der Waals surface area (Å²) in [6, 6.07) is 6.97. The molecule has 2 rings (SSSR count). The highest BCUT2D eigenvalue weighted by Gasteiger charge is 2.35. The summed E-state index contributed by atoms with van der Waals surface area (Å²) < 4.78 is 5.79. The van der Waals surface area contributed by atoms with Gasteiger partial charge in [0.15, 0.2) is 19.9 Å². The van der Waals surface area contributed by atoms with Gasteiger partial charge in [0, 0.05) is 17.5 Å². The molecule has 0 aromatic heterocycles. The first kappa shape index (κ1) is 12.2. The van der Waals surface area contributed by atoms with Gasteiger partial charge < -0.3 is 4.43 Å². The first-order chi connectivity index (χ1) is 7.88. The van der Waals surface area contributed by atoms with Crippen molar-refractivity contribution in [3.05, 3.63) is 35.4 Å². The highest BCUT2D eigenvalue weighted by molar-refractivity contribution is 6.70. The van der Waals surface area contributed by atoms with Crippen LogP contribution in [0.25, 0.3) is 0 Å². The maximum atomic E-state index is 12.2. The van der Waals surface area contributed by atoms with E-state index in [-0.39, 0.29) is 18.0 Å². The maximum Gasteiger partial charge on any atom is 0.191 e. The van der Waals surface area contributed by atoms with Gasteiger partial charge in [0.2, 0.25) is 0 Å². The zero-order chi connectivity index (χ0) is 12.6. The van der Waals surface area contributed by atoms with Crippen LogP contribution in [0.4, 0.5) is 0 Å². The van der Waals surface area contributed by atoms with Gasteiger partial charge in [-0.3, -0.25) is 9.59 Å². The number of fused-ring (bicyclic) bond motifs is 1. The molecule has 0 spiro atoms. The Kier molecular flexibility index (Phi) is 3.01. The first-order valence-electron chi connectivity index (χ1n) is 5.73. The summed E-state index contributed by atoms with van der Waals surface area (Å²) in [7, 11) is -1.81. The highest BCUT2D eigenvalue weighted by Crippen LogP contribution is 2.25. The van der Waals surface area contributed by atoms with E-state index < -0.39 is 14.4 Å². The Balaban J connectivity index is 2.33. The normalized spacial score (nSPS) is 20.3. The number of carbonyl (C=O) groups excluding carboxylic acids is 2. The second kappa shape index (κ2) is 4.20. The minimum absolute atomic E-state index is 0.00319. The SMILES string of the molecule is C[Si](C)(C)OC1CC(=O)c2ccccc2C1=O. The molecule has 0 saturated carbocycles. The van der Waals surface area contributed by atoms with E-state index in [1.165, 1.54) is 0 Å². The van der Waals surface area contributed by atoms with E-state index in [4.69, 9.17) is 4.43 Å². The average Bonchev–Trinajstić information content (AvgIpc) is 2.24. The molecule has 90 valence electrons. The van der Waals surface area contributed by atoms with Gasteiger partial charge in [-0.1, -0.05) is 24.3 Å². The summed E-state index contributed by atoms with van der Waals surface area (Å²) in [5.74, 6) is -0.0499. The molecule has 3 nitrogen and oxygen atoms in total. The monoisotopic (exact) mass is 248 g/mol. The maximum absolute atomic E-state index is 12.2. The molecule has 1 atom stereocenters. The van der Waals surface area contributed by atoms with Crippen molar-refractivity contribution < 1.29 is 14.0 Å². The molecule has 0 bridgehead atoms. The van der Waals surface area contributed by atoms with Crippen LogP contribution in [0.3, 0.4) is 0 Å². The summed E-state index contributed by atoms with van der Waals surface area (Å²) in [6.45, 7) is 6.06. The summed E-state index contributed by atoms with van der Waals surface area (Å²) in [6.07, 6.45) is -0.399. The standard InChI is InChI=1S/C13H16O3Si/c1-17(2,3)16-12-8-11(14)9-6-4-5-7-10(9)13(12)15/h4-7,12H,8H2,1-3H3. The molecule has 4 heteroatoms. The molecular weight excluding hydrogens is 232 g/mol. The second-order valence-corrected chi connectivity index (χ2v) is 9.72. The van der Waals surface area contributed by atoms with Gasteiger partial charge in [-0.05, 0) is 19.6 Å². The van der Waals surface area contributed by atoms with Crippen LogP contribution >= 0.6 is 0 Å². The number of Topliss-reactive ketones (excluding diaryl/α,β-unsaturated/α-hetero) is 2. The van der Waals surface area contributed by atoms with Gasteiger partial charge in [-0.15, -0.1) is 0 Å². The molecule has 0 heterocycles. The Hall–Kier alpha value is -1.26. The van der Waals surface area contributed by atoms with Gasteiger partial charge in [0.05, 0.1) is 0 Å². The summed E-state index contributed by atoms with van der Waals surface area (Å²) in [5.41, 5.74) is 1.04. The molecule has 17 heavy (non-hydrogen) atoms. The van der Waals surface area contributed by atoms with Crippen LogP contribution in [0.1, 0.15) is 27.1 Å². The number of hydrogen-bond donors (Lipinski definition) is 0. The van der Waals surface area contributed by atoms with Crippen molar-refractivity contribution in [2.75, 3.05) is 0 Å². The van der Waals surface area contributed by atoms with Crippen molar-refractivity contribution in [1.82, 2.24) is 0 Å². The fraction of sp³-hybridized carbons (Fsp3) is 0.385. The number of carbonyl (C=O) groups is 2. The molecule has 0 fully saturated rings. The third kappa shape index (κ3) is 2.53. The van der Waals surface area contributed by atoms with Gasteiger partial charge in [-0.2, -0.15) is 0 Å². The summed E-state index contributed by atoms with van der Waals surface area (Å²) in [5, 5.41) is 0. The van der Waals surface area contributed by atoms with Crippen LogP contribution in [-0.4, -0.2) is 26.0 Å². The summed E-state index contributed by atoms with van der Waals surface area (Å²) in [4.78, 5) is 24.1. The molecular formula is C13H16O3Si. The average molecular weight is 248 g/mol. The lowest BCUT2D eigenvalue weighted by Gasteiger charge is -2.28. The van der Waals surface area contributed by atoms with Gasteiger partial charge in [-0.25, -0.2) is 0 Å². The van der Waals surface area contributed by atoms with Crippen molar-refractivity contribution in [2.24, 2.45) is 0 Å². The quantitative estimate of drug-likeness (QED) is 0.756. The van der Waals surface area contributed by atoms with Crippen molar-refractivity contribution in [3.8, 4) is 0 Å². The molecule has 1 aliphatic carbocycles. The molecule has 0 amide bonds. The second-order valence-electron chi connectivity index (χ2n) is 5.26. The number of benzene rings is 1. The van der Waals surface area contributed by atoms with E-state index in [1.54, 1.807) is 24.3 Å². The molecule has 1 aromatic carbocycles. The zero-order valence-electron chi connectivity index (χ0n) is 10.3. The lowest BCUT2D eigenvalue weighted by atomic mass is 9.88. The lowest BCUT2D eigenvalue weighted by molar-refractivity contribution is 0.0684. The summed E-state index contributed by atoms with van der Waals surface area (Å²) >= 11 is 0. The van der Waals surface area contributed by atoms with E-state index >= 15 is 0 Å². The fourth-order valence-electron chi connectivity index (χ4n) is 2.01. The number of ketones is 2. The predicted molar refractivity (Wildman–Crippen MR) is 67.9 cm³/mol. The molecule has 0 saturated heterocycles. The number of hydrogen-bond acceptors (Lipinski definition) is 3. The van der Waals surface area contributed by atoms with E-state index in [0.29, 0.717) is 11.1 Å². The zero-order valence-corrected chi connectivity index (χ0v) is 11.3. The van der Waals surface area contributed by atoms with Gasteiger partial charge >= 0.3 is 0 Å². The van der Waals surface area contributed by atoms with Crippen LogP contribution < -0.4 is 0 Å². The van der Waals surface area contributed by atoms with E-state index in [0.717, 1.165) is 0 Å². The minimum Gasteiger partial charge on any atom is -0.407 e. The minimum atomic E-state index is -1.81. The Morgan fingerprint density at radius 1 is 1.12 bits per heavy atom.